The summed E-state index contributed by atoms with van der Waals surface area (Å²) in [6, 6.07) is 35.1. The van der Waals surface area contributed by atoms with Gasteiger partial charge in [0, 0.05) is 16.7 Å². The van der Waals surface area contributed by atoms with Crippen LogP contribution in [-0.4, -0.2) is 26.9 Å². The summed E-state index contributed by atoms with van der Waals surface area (Å²) in [5.74, 6) is -1.21. The van der Waals surface area contributed by atoms with Crippen LogP contribution in [0, 0.1) is 4.91 Å². The molecule has 35 heavy (non-hydrogen) atoms. The predicted molar refractivity (Wildman–Crippen MR) is 132 cm³/mol. The van der Waals surface area contributed by atoms with E-state index >= 15 is 0 Å². The molecule has 1 aliphatic heterocycles. The van der Waals surface area contributed by atoms with Gasteiger partial charge in [-0.15, -0.1) is 0 Å². The Morgan fingerprint density at radius 1 is 0.571 bits per heavy atom. The molecule has 170 valence electrons. The Kier molecular flexibility index (Phi) is 5.88. The van der Waals surface area contributed by atoms with Crippen LogP contribution >= 0.6 is 0 Å². The lowest BCUT2D eigenvalue weighted by molar-refractivity contribution is -0.656. The summed E-state index contributed by atoms with van der Waals surface area (Å²) in [6.45, 7) is 0. The highest BCUT2D eigenvalue weighted by atomic mass is 16.4. The SMILES string of the molecule is O=C(c1ccccc1)N1NC(c2ccccc2)=C(c2ccccc2)[N+](=O)N1C(=O)c1ccccc1. The fourth-order valence-corrected chi connectivity index (χ4v) is 3.84. The number of carbonyl (C=O) groups excluding carboxylic acids is 2. The summed E-state index contributed by atoms with van der Waals surface area (Å²) in [6.07, 6.45) is 0. The van der Waals surface area contributed by atoms with Crippen LogP contribution in [-0.2, 0) is 0 Å². The van der Waals surface area contributed by atoms with Gasteiger partial charge in [0.25, 0.3) is 5.91 Å². The van der Waals surface area contributed by atoms with Crippen molar-refractivity contribution in [2.45, 2.75) is 0 Å². The van der Waals surface area contributed by atoms with Crippen LogP contribution in [0.5, 0.6) is 0 Å². The van der Waals surface area contributed by atoms with E-state index in [1.807, 2.05) is 48.5 Å². The molecule has 0 unspecified atom stereocenters. The van der Waals surface area contributed by atoms with Crippen molar-refractivity contribution < 1.29 is 14.5 Å². The number of benzene rings is 4. The Bertz CT molecular complexity index is 1410. The third-order valence-electron chi connectivity index (χ3n) is 5.53. The maximum atomic E-state index is 14.0. The standard InChI is InChI=1S/C28H21N4O3/c33-27(23-17-9-3-10-18-23)30-29-25(21-13-5-1-6-14-21)26(22-15-7-2-8-16-22)32(35)31(30)28(34)24-19-11-4-12-20-24/h1-20,29H/q+1. The minimum absolute atomic E-state index is 0.207. The van der Waals surface area contributed by atoms with E-state index < -0.39 is 11.8 Å². The summed E-state index contributed by atoms with van der Waals surface area (Å²) in [7, 11) is 0. The van der Waals surface area contributed by atoms with Crippen molar-refractivity contribution >= 4 is 23.2 Å². The van der Waals surface area contributed by atoms with Gasteiger partial charge in [0.05, 0.1) is 15.6 Å². The average molecular weight is 462 g/mol. The average Bonchev–Trinajstić information content (AvgIpc) is 2.93. The van der Waals surface area contributed by atoms with Crippen molar-refractivity contribution in [1.82, 2.24) is 15.7 Å². The first-order valence-electron chi connectivity index (χ1n) is 11.0. The van der Waals surface area contributed by atoms with Crippen molar-refractivity contribution in [2.75, 3.05) is 0 Å². The van der Waals surface area contributed by atoms with Crippen LogP contribution in [0.3, 0.4) is 0 Å². The number of nitrogens with zero attached hydrogens (tertiary/aromatic N) is 3. The van der Waals surface area contributed by atoms with E-state index in [0.717, 1.165) is 10.2 Å². The Balaban J connectivity index is 1.71. The van der Waals surface area contributed by atoms with Gasteiger partial charge in [-0.3, -0.25) is 15.0 Å². The second-order valence-corrected chi connectivity index (χ2v) is 7.78. The van der Waals surface area contributed by atoms with Gasteiger partial charge in [0.2, 0.25) is 0 Å². The highest BCUT2D eigenvalue weighted by Gasteiger charge is 2.49. The molecule has 1 heterocycles. The number of hydrazine groups is 3. The molecule has 2 amide bonds. The molecule has 0 saturated heterocycles. The van der Waals surface area contributed by atoms with E-state index in [2.05, 4.69) is 5.43 Å². The smallest absolute Gasteiger partial charge is 0.265 e. The van der Waals surface area contributed by atoms with Gasteiger partial charge >= 0.3 is 11.6 Å². The van der Waals surface area contributed by atoms with Gasteiger partial charge in [-0.05, 0) is 36.4 Å². The van der Waals surface area contributed by atoms with Crippen LogP contribution in [0.4, 0.5) is 0 Å². The van der Waals surface area contributed by atoms with Crippen LogP contribution in [0.2, 0.25) is 0 Å². The Labute approximate surface area is 202 Å². The number of nitrogens with one attached hydrogen (secondary N) is 1. The van der Waals surface area contributed by atoms with Crippen LogP contribution < -0.4 is 5.43 Å². The van der Waals surface area contributed by atoms with Gasteiger partial charge in [0.15, 0.2) is 4.87 Å². The summed E-state index contributed by atoms with van der Waals surface area (Å²) in [5.41, 5.74) is 5.53. The predicted octanol–water partition coefficient (Wildman–Crippen LogP) is 4.92. The number of rotatable bonds is 4. The Morgan fingerprint density at radius 3 is 1.51 bits per heavy atom. The van der Waals surface area contributed by atoms with Crippen molar-refractivity contribution in [3.8, 4) is 0 Å². The normalized spacial score (nSPS) is 13.4. The maximum Gasteiger partial charge on any atom is 0.340 e. The lowest BCUT2D eigenvalue weighted by Gasteiger charge is -2.32. The van der Waals surface area contributed by atoms with Crippen LogP contribution in [0.1, 0.15) is 31.8 Å². The van der Waals surface area contributed by atoms with E-state index in [-0.39, 0.29) is 11.3 Å². The Hall–Kier alpha value is -5.04. The molecule has 0 aromatic heterocycles. The van der Waals surface area contributed by atoms with Crippen molar-refractivity contribution in [3.63, 3.8) is 0 Å². The third-order valence-corrected chi connectivity index (χ3v) is 5.53. The van der Waals surface area contributed by atoms with E-state index in [9.17, 15) is 14.5 Å². The zero-order valence-electron chi connectivity index (χ0n) is 18.6. The highest BCUT2D eigenvalue weighted by molar-refractivity contribution is 6.00. The molecule has 0 spiro atoms. The van der Waals surface area contributed by atoms with E-state index in [1.54, 1.807) is 72.8 Å². The molecule has 7 heteroatoms. The fourth-order valence-electron chi connectivity index (χ4n) is 3.84. The topological polar surface area (TPSA) is 72.7 Å². The minimum Gasteiger partial charge on any atom is -0.265 e. The van der Waals surface area contributed by atoms with E-state index in [4.69, 9.17) is 0 Å². The molecular weight excluding hydrogens is 440 g/mol. The Morgan fingerprint density at radius 2 is 1.00 bits per heavy atom. The molecule has 7 nitrogen and oxygen atoms in total. The van der Waals surface area contributed by atoms with Crippen LogP contribution in [0.15, 0.2) is 121 Å². The number of carbonyl (C=O) groups is 2. The van der Waals surface area contributed by atoms with Crippen molar-refractivity contribution in [3.05, 3.63) is 148 Å². The molecule has 0 bridgehead atoms. The number of hydrogen-bond acceptors (Lipinski definition) is 4. The maximum absolute atomic E-state index is 14.0. The first kappa shape index (κ1) is 21.8. The van der Waals surface area contributed by atoms with Crippen molar-refractivity contribution in [1.29, 1.82) is 0 Å². The minimum atomic E-state index is -0.655. The summed E-state index contributed by atoms with van der Waals surface area (Å²) in [4.78, 5) is 41.7. The zero-order chi connectivity index (χ0) is 24.2. The van der Waals surface area contributed by atoms with Crippen LogP contribution in [0.25, 0.3) is 11.4 Å². The molecule has 1 N–H and O–H groups in total. The third kappa shape index (κ3) is 4.18. The molecule has 0 atom stereocenters. The van der Waals surface area contributed by atoms with Gasteiger partial charge < -0.3 is 0 Å². The lowest BCUT2D eigenvalue weighted by atomic mass is 10.0. The lowest BCUT2D eigenvalue weighted by Crippen LogP contribution is -2.61. The molecule has 0 radical (unpaired) electrons. The quantitative estimate of drug-likeness (QED) is 0.438. The van der Waals surface area contributed by atoms with Gasteiger partial charge in [-0.2, -0.15) is 0 Å². The molecule has 4 aromatic carbocycles. The first-order chi connectivity index (χ1) is 17.1. The van der Waals surface area contributed by atoms with Gasteiger partial charge in [-0.1, -0.05) is 90.0 Å². The second kappa shape index (κ2) is 9.44. The molecule has 0 fully saturated rings. The summed E-state index contributed by atoms with van der Waals surface area (Å²) in [5, 5.41) is 1.76. The molecular formula is C28H21N4O3+. The monoisotopic (exact) mass is 461 g/mol. The summed E-state index contributed by atoms with van der Waals surface area (Å²) < 4.78 is 0. The highest BCUT2D eigenvalue weighted by Crippen LogP contribution is 2.32. The number of hydrogen-bond donors (Lipinski definition) is 1. The molecule has 1 aliphatic rings. The molecule has 5 rings (SSSR count). The molecule has 0 aliphatic carbocycles. The van der Waals surface area contributed by atoms with E-state index in [0.29, 0.717) is 27.3 Å². The molecule has 4 aromatic rings. The van der Waals surface area contributed by atoms with E-state index in [1.165, 1.54) is 0 Å². The summed E-state index contributed by atoms with van der Waals surface area (Å²) >= 11 is 0. The molecule has 0 saturated carbocycles. The first-order valence-corrected chi connectivity index (χ1v) is 11.0. The van der Waals surface area contributed by atoms with Gasteiger partial charge in [0.1, 0.15) is 5.70 Å². The largest absolute Gasteiger partial charge is 0.340 e. The number of nitroso groups, excluding NO2 is 1. The van der Waals surface area contributed by atoms with Gasteiger partial charge in [-0.25, -0.2) is 0 Å². The second-order valence-electron chi connectivity index (χ2n) is 7.78. The fraction of sp³-hybridized carbons (Fsp3) is 0. The zero-order valence-corrected chi connectivity index (χ0v) is 18.6. The number of amides is 2. The van der Waals surface area contributed by atoms with Crippen molar-refractivity contribution in [2.24, 2.45) is 0 Å².